The van der Waals surface area contributed by atoms with Gasteiger partial charge in [0, 0.05) is 24.4 Å². The molecule has 3 N–H and O–H groups in total. The average Bonchev–Trinajstić information content (AvgIpc) is 3.25. The molecular formula is C19H29ClN2O3. The van der Waals surface area contributed by atoms with Gasteiger partial charge in [-0.3, -0.25) is 4.79 Å². The van der Waals surface area contributed by atoms with E-state index in [9.17, 15) is 4.79 Å². The van der Waals surface area contributed by atoms with Gasteiger partial charge >= 0.3 is 0 Å². The van der Waals surface area contributed by atoms with Crippen LogP contribution in [0.25, 0.3) is 0 Å². The molecule has 0 bridgehead atoms. The van der Waals surface area contributed by atoms with Crippen molar-refractivity contribution in [1.82, 2.24) is 5.32 Å². The summed E-state index contributed by atoms with van der Waals surface area (Å²) in [6, 6.07) is 6.13. The molecule has 3 atom stereocenters. The van der Waals surface area contributed by atoms with Crippen molar-refractivity contribution < 1.29 is 14.3 Å². The highest BCUT2D eigenvalue weighted by atomic mass is 35.5. The van der Waals surface area contributed by atoms with Gasteiger partial charge in [0.2, 0.25) is 5.91 Å². The highest BCUT2D eigenvalue weighted by Gasteiger charge is 2.31. The SMILES string of the molecule is Cc1ccc(CNC(=O)[C@@H]2CCC[C@@H]2CN)c(OC2CCOC2)c1.Cl. The summed E-state index contributed by atoms with van der Waals surface area (Å²) in [5, 5.41) is 3.08. The molecule has 1 unspecified atom stereocenters. The molecule has 1 aliphatic heterocycles. The molecule has 1 saturated carbocycles. The second-order valence-electron chi connectivity index (χ2n) is 6.97. The minimum Gasteiger partial charge on any atom is -0.488 e. The summed E-state index contributed by atoms with van der Waals surface area (Å²) in [6.07, 6.45) is 4.14. The van der Waals surface area contributed by atoms with Crippen LogP contribution in [-0.4, -0.2) is 31.8 Å². The van der Waals surface area contributed by atoms with Gasteiger partial charge in [-0.05, 0) is 43.9 Å². The third kappa shape index (κ3) is 5.09. The van der Waals surface area contributed by atoms with Crippen LogP contribution in [0.1, 0.15) is 36.8 Å². The molecule has 2 aliphatic rings. The van der Waals surface area contributed by atoms with Gasteiger partial charge in [0.15, 0.2) is 0 Å². The van der Waals surface area contributed by atoms with E-state index in [1.807, 2.05) is 19.1 Å². The fraction of sp³-hybridized carbons (Fsp3) is 0.632. The summed E-state index contributed by atoms with van der Waals surface area (Å²) in [5.41, 5.74) is 7.96. The summed E-state index contributed by atoms with van der Waals surface area (Å²) in [6.45, 7) is 4.53. The van der Waals surface area contributed by atoms with Crippen LogP contribution in [0.3, 0.4) is 0 Å². The van der Waals surface area contributed by atoms with E-state index in [0.29, 0.717) is 25.6 Å². The maximum atomic E-state index is 12.5. The third-order valence-electron chi connectivity index (χ3n) is 5.16. The van der Waals surface area contributed by atoms with E-state index >= 15 is 0 Å². The number of carbonyl (C=O) groups is 1. The zero-order chi connectivity index (χ0) is 16.9. The molecule has 25 heavy (non-hydrogen) atoms. The lowest BCUT2D eigenvalue weighted by molar-refractivity contribution is -0.126. The summed E-state index contributed by atoms with van der Waals surface area (Å²) < 4.78 is 11.5. The number of carbonyl (C=O) groups excluding carboxylic acids is 1. The first-order valence-electron chi connectivity index (χ1n) is 8.99. The minimum absolute atomic E-state index is 0. The quantitative estimate of drug-likeness (QED) is 0.809. The molecule has 3 rings (SSSR count). The molecule has 0 radical (unpaired) electrons. The van der Waals surface area contributed by atoms with Crippen molar-refractivity contribution in [3.05, 3.63) is 29.3 Å². The number of amides is 1. The van der Waals surface area contributed by atoms with Gasteiger partial charge < -0.3 is 20.5 Å². The molecule has 5 nitrogen and oxygen atoms in total. The first-order valence-corrected chi connectivity index (χ1v) is 8.99. The Hall–Kier alpha value is -1.30. The van der Waals surface area contributed by atoms with Crippen molar-refractivity contribution in [3.8, 4) is 5.75 Å². The molecule has 0 aromatic heterocycles. The Morgan fingerprint density at radius 2 is 2.20 bits per heavy atom. The van der Waals surface area contributed by atoms with E-state index < -0.39 is 0 Å². The van der Waals surface area contributed by atoms with E-state index in [1.54, 1.807) is 0 Å². The lowest BCUT2D eigenvalue weighted by Gasteiger charge is -2.19. The van der Waals surface area contributed by atoms with Crippen LogP contribution >= 0.6 is 12.4 Å². The van der Waals surface area contributed by atoms with Gasteiger partial charge in [-0.25, -0.2) is 0 Å². The molecule has 0 spiro atoms. The van der Waals surface area contributed by atoms with E-state index in [0.717, 1.165) is 49.2 Å². The molecule has 2 fully saturated rings. The van der Waals surface area contributed by atoms with Crippen molar-refractivity contribution in [2.75, 3.05) is 19.8 Å². The molecule has 1 aromatic rings. The Morgan fingerprint density at radius 1 is 1.36 bits per heavy atom. The second-order valence-corrected chi connectivity index (χ2v) is 6.97. The predicted molar refractivity (Wildman–Crippen MR) is 100 cm³/mol. The first-order chi connectivity index (χ1) is 11.7. The third-order valence-corrected chi connectivity index (χ3v) is 5.16. The largest absolute Gasteiger partial charge is 0.488 e. The van der Waals surface area contributed by atoms with Gasteiger partial charge in [-0.15, -0.1) is 12.4 Å². The lowest BCUT2D eigenvalue weighted by atomic mass is 9.95. The van der Waals surface area contributed by atoms with Crippen LogP contribution in [0.15, 0.2) is 18.2 Å². The Bertz CT molecular complexity index is 576. The monoisotopic (exact) mass is 368 g/mol. The van der Waals surface area contributed by atoms with Crippen LogP contribution in [0.5, 0.6) is 5.75 Å². The summed E-state index contributed by atoms with van der Waals surface area (Å²) in [5.74, 6) is 1.37. The highest BCUT2D eigenvalue weighted by molar-refractivity contribution is 5.85. The van der Waals surface area contributed by atoms with Crippen LogP contribution < -0.4 is 15.8 Å². The molecule has 1 aromatic carbocycles. The van der Waals surface area contributed by atoms with Crippen LogP contribution in [0, 0.1) is 18.8 Å². The average molecular weight is 369 g/mol. The number of hydrogen-bond donors (Lipinski definition) is 2. The van der Waals surface area contributed by atoms with Gasteiger partial charge in [-0.2, -0.15) is 0 Å². The normalized spacial score (nSPS) is 25.4. The Labute approximate surface area is 156 Å². The van der Waals surface area contributed by atoms with Crippen molar-refractivity contribution >= 4 is 18.3 Å². The van der Waals surface area contributed by atoms with Gasteiger partial charge in [0.1, 0.15) is 11.9 Å². The Balaban J connectivity index is 0.00000225. The number of aryl methyl sites for hydroxylation is 1. The summed E-state index contributed by atoms with van der Waals surface area (Å²) in [7, 11) is 0. The zero-order valence-electron chi connectivity index (χ0n) is 14.8. The van der Waals surface area contributed by atoms with Gasteiger partial charge in [0.25, 0.3) is 0 Å². The molecule has 1 amide bonds. The molecular weight excluding hydrogens is 340 g/mol. The predicted octanol–water partition coefficient (Wildman–Crippen LogP) is 2.58. The standard InChI is InChI=1S/C19H28N2O3.ClH/c1-13-5-6-15(18(9-13)24-16-7-8-23-12-16)11-21-19(22)17-4-2-3-14(17)10-20;/h5-6,9,14,16-17H,2-4,7-8,10-12,20H2,1H3,(H,21,22);1H/t14-,16?,17-;/m1./s1. The number of nitrogens with two attached hydrogens (primary N) is 1. The second kappa shape index (κ2) is 9.41. The summed E-state index contributed by atoms with van der Waals surface area (Å²) >= 11 is 0. The highest BCUT2D eigenvalue weighted by Crippen LogP contribution is 2.31. The smallest absolute Gasteiger partial charge is 0.223 e. The van der Waals surface area contributed by atoms with E-state index in [2.05, 4.69) is 11.4 Å². The van der Waals surface area contributed by atoms with Crippen molar-refractivity contribution in [3.63, 3.8) is 0 Å². The minimum atomic E-state index is 0. The van der Waals surface area contributed by atoms with Crippen LogP contribution in [0.4, 0.5) is 0 Å². The fourth-order valence-corrected chi connectivity index (χ4v) is 3.68. The van der Waals surface area contributed by atoms with E-state index in [4.69, 9.17) is 15.2 Å². The number of nitrogens with one attached hydrogen (secondary N) is 1. The lowest BCUT2D eigenvalue weighted by Crippen LogP contribution is -2.34. The van der Waals surface area contributed by atoms with E-state index in [1.165, 1.54) is 0 Å². The summed E-state index contributed by atoms with van der Waals surface area (Å²) in [4.78, 5) is 12.5. The zero-order valence-corrected chi connectivity index (χ0v) is 15.6. The van der Waals surface area contributed by atoms with Crippen LogP contribution in [0.2, 0.25) is 0 Å². The maximum Gasteiger partial charge on any atom is 0.223 e. The maximum absolute atomic E-state index is 12.5. The first kappa shape index (κ1) is 20.0. The topological polar surface area (TPSA) is 73.6 Å². The fourth-order valence-electron chi connectivity index (χ4n) is 3.68. The van der Waals surface area contributed by atoms with Crippen molar-refractivity contribution in [2.24, 2.45) is 17.6 Å². The van der Waals surface area contributed by atoms with Crippen LogP contribution in [-0.2, 0) is 16.1 Å². The van der Waals surface area contributed by atoms with E-state index in [-0.39, 0.29) is 30.3 Å². The molecule has 1 saturated heterocycles. The number of halogens is 1. The van der Waals surface area contributed by atoms with Crippen molar-refractivity contribution in [2.45, 2.75) is 45.3 Å². The number of ether oxygens (including phenoxy) is 2. The molecule has 1 heterocycles. The van der Waals surface area contributed by atoms with Gasteiger partial charge in [0.05, 0.1) is 13.2 Å². The number of rotatable bonds is 6. The molecule has 140 valence electrons. The Morgan fingerprint density at radius 3 is 2.92 bits per heavy atom. The molecule has 6 heteroatoms. The van der Waals surface area contributed by atoms with Crippen molar-refractivity contribution in [1.29, 1.82) is 0 Å². The molecule has 1 aliphatic carbocycles. The number of hydrogen-bond acceptors (Lipinski definition) is 4. The Kier molecular flexibility index (Phi) is 7.54. The van der Waals surface area contributed by atoms with Gasteiger partial charge in [-0.1, -0.05) is 18.6 Å². The number of benzene rings is 1.